The fourth-order valence-electron chi connectivity index (χ4n) is 4.04. The SMILES string of the molecule is C#CN=C(CC(C)(C)/C=C(/N)CCN)C(=C)N[C@H]1CCC2=C1C=CCC(C(=C)C)=C2. The molecule has 0 radical (unpaired) electrons. The minimum absolute atomic E-state index is 0.202. The van der Waals surface area contributed by atoms with Crippen LogP contribution in [0.5, 0.6) is 0 Å². The molecular weight excluding hydrogens is 368 g/mol. The van der Waals surface area contributed by atoms with Crippen molar-refractivity contribution in [2.45, 2.75) is 58.9 Å². The number of nitrogens with one attached hydrogen (secondary N) is 1. The molecule has 160 valence electrons. The Morgan fingerprint density at radius 3 is 2.80 bits per heavy atom. The molecule has 0 aromatic rings. The van der Waals surface area contributed by atoms with E-state index in [0.29, 0.717) is 19.4 Å². The summed E-state index contributed by atoms with van der Waals surface area (Å²) in [6, 6.07) is 2.63. The predicted molar refractivity (Wildman–Crippen MR) is 130 cm³/mol. The quantitative estimate of drug-likeness (QED) is 0.387. The Hall–Kier alpha value is -2.77. The molecule has 0 bridgehead atoms. The molecule has 0 fully saturated rings. The Morgan fingerprint density at radius 2 is 2.17 bits per heavy atom. The van der Waals surface area contributed by atoms with Crippen molar-refractivity contribution in [3.63, 3.8) is 0 Å². The summed E-state index contributed by atoms with van der Waals surface area (Å²) in [7, 11) is 0. The number of rotatable bonds is 9. The van der Waals surface area contributed by atoms with E-state index in [1.54, 1.807) is 0 Å². The van der Waals surface area contributed by atoms with E-state index in [-0.39, 0.29) is 11.5 Å². The van der Waals surface area contributed by atoms with E-state index in [2.05, 4.69) is 68.5 Å². The summed E-state index contributed by atoms with van der Waals surface area (Å²) in [5.74, 6) is 0. The molecule has 2 aliphatic rings. The smallest absolute Gasteiger partial charge is 0.0744 e. The van der Waals surface area contributed by atoms with E-state index in [9.17, 15) is 0 Å². The molecular formula is C26H36N4. The first kappa shape index (κ1) is 23.5. The summed E-state index contributed by atoms with van der Waals surface area (Å²) in [6.45, 7) is 15.2. The second kappa shape index (κ2) is 10.3. The van der Waals surface area contributed by atoms with Gasteiger partial charge in [0, 0.05) is 23.9 Å². The third-order valence-corrected chi connectivity index (χ3v) is 5.51. The van der Waals surface area contributed by atoms with Crippen LogP contribution in [0.2, 0.25) is 0 Å². The van der Waals surface area contributed by atoms with Crippen LogP contribution in [0.3, 0.4) is 0 Å². The normalized spacial score (nSPS) is 19.7. The molecule has 0 spiro atoms. The molecule has 0 amide bonds. The fourth-order valence-corrected chi connectivity index (χ4v) is 4.04. The Morgan fingerprint density at radius 1 is 1.43 bits per heavy atom. The van der Waals surface area contributed by atoms with E-state index in [1.807, 2.05) is 6.08 Å². The van der Waals surface area contributed by atoms with Gasteiger partial charge in [-0.3, -0.25) is 0 Å². The Bertz CT molecular complexity index is 884. The number of hydrogen-bond donors (Lipinski definition) is 3. The molecule has 1 atom stereocenters. The molecule has 4 heteroatoms. The molecule has 0 saturated carbocycles. The van der Waals surface area contributed by atoms with Gasteiger partial charge in [0.2, 0.25) is 0 Å². The van der Waals surface area contributed by atoms with Crippen LogP contribution in [0.1, 0.15) is 52.9 Å². The maximum absolute atomic E-state index is 6.09. The molecule has 0 aromatic heterocycles. The van der Waals surface area contributed by atoms with E-state index in [1.165, 1.54) is 16.7 Å². The van der Waals surface area contributed by atoms with Gasteiger partial charge in [0.15, 0.2) is 0 Å². The minimum atomic E-state index is -0.207. The highest BCUT2D eigenvalue weighted by atomic mass is 15.0. The van der Waals surface area contributed by atoms with Gasteiger partial charge in [0.1, 0.15) is 0 Å². The van der Waals surface area contributed by atoms with Crippen molar-refractivity contribution in [3.05, 3.63) is 71.1 Å². The first-order valence-corrected chi connectivity index (χ1v) is 10.6. The maximum atomic E-state index is 6.09. The summed E-state index contributed by atoms with van der Waals surface area (Å²) < 4.78 is 0. The van der Waals surface area contributed by atoms with Crippen molar-refractivity contribution in [1.82, 2.24) is 5.32 Å². The molecule has 4 nitrogen and oxygen atoms in total. The van der Waals surface area contributed by atoms with Gasteiger partial charge in [0.25, 0.3) is 0 Å². The average Bonchev–Trinajstić information content (AvgIpc) is 2.88. The Balaban J connectivity index is 2.17. The van der Waals surface area contributed by atoms with E-state index in [4.69, 9.17) is 17.9 Å². The van der Waals surface area contributed by atoms with Crippen LogP contribution in [-0.4, -0.2) is 18.3 Å². The van der Waals surface area contributed by atoms with Crippen LogP contribution < -0.4 is 16.8 Å². The number of terminal acetylenes is 1. The lowest BCUT2D eigenvalue weighted by atomic mass is 9.85. The Kier molecular flexibility index (Phi) is 8.08. The van der Waals surface area contributed by atoms with Gasteiger partial charge >= 0.3 is 0 Å². The monoisotopic (exact) mass is 404 g/mol. The van der Waals surface area contributed by atoms with Gasteiger partial charge < -0.3 is 16.8 Å². The molecule has 0 unspecified atom stereocenters. The van der Waals surface area contributed by atoms with Gasteiger partial charge in [-0.1, -0.05) is 63.3 Å². The fraction of sp³-hybridized carbons (Fsp3) is 0.423. The predicted octanol–water partition coefficient (Wildman–Crippen LogP) is 4.65. The number of nitrogens with zero attached hydrogens (tertiary/aromatic N) is 1. The zero-order chi connectivity index (χ0) is 22.3. The zero-order valence-corrected chi connectivity index (χ0v) is 18.7. The van der Waals surface area contributed by atoms with Crippen LogP contribution in [0, 0.1) is 17.9 Å². The second-order valence-electron chi connectivity index (χ2n) is 8.86. The minimum Gasteiger partial charge on any atom is -0.402 e. The number of nitrogens with two attached hydrogens (primary N) is 2. The molecule has 0 aromatic carbocycles. The third kappa shape index (κ3) is 6.37. The number of hydrogen-bond acceptors (Lipinski definition) is 4. The third-order valence-electron chi connectivity index (χ3n) is 5.51. The molecule has 0 saturated heterocycles. The van der Waals surface area contributed by atoms with Crippen molar-refractivity contribution in [1.29, 1.82) is 0 Å². The van der Waals surface area contributed by atoms with E-state index >= 15 is 0 Å². The summed E-state index contributed by atoms with van der Waals surface area (Å²) in [5.41, 5.74) is 19.0. The molecule has 0 heterocycles. The summed E-state index contributed by atoms with van der Waals surface area (Å²) in [6.07, 6.45) is 18.6. The Labute approximate surface area is 182 Å². The van der Waals surface area contributed by atoms with Crippen LogP contribution in [0.15, 0.2) is 76.1 Å². The summed E-state index contributed by atoms with van der Waals surface area (Å²) >= 11 is 0. The van der Waals surface area contributed by atoms with Gasteiger partial charge in [-0.05, 0) is 61.3 Å². The van der Waals surface area contributed by atoms with Gasteiger partial charge in [-0.2, -0.15) is 0 Å². The van der Waals surface area contributed by atoms with Gasteiger partial charge in [0.05, 0.1) is 11.8 Å². The van der Waals surface area contributed by atoms with Gasteiger partial charge in [-0.15, -0.1) is 0 Å². The maximum Gasteiger partial charge on any atom is 0.0744 e. The van der Waals surface area contributed by atoms with Crippen LogP contribution in [0.25, 0.3) is 0 Å². The number of allylic oxidation sites excluding steroid dienone is 7. The van der Waals surface area contributed by atoms with E-state index in [0.717, 1.165) is 41.9 Å². The number of aliphatic imine (C=N–C) groups is 1. The average molecular weight is 405 g/mol. The van der Waals surface area contributed by atoms with Crippen molar-refractivity contribution in [2.24, 2.45) is 21.9 Å². The van der Waals surface area contributed by atoms with Crippen molar-refractivity contribution in [2.75, 3.05) is 6.54 Å². The highest BCUT2D eigenvalue weighted by Crippen LogP contribution is 2.34. The lowest BCUT2D eigenvalue weighted by Crippen LogP contribution is -2.32. The van der Waals surface area contributed by atoms with Crippen LogP contribution in [0.4, 0.5) is 0 Å². The summed E-state index contributed by atoms with van der Waals surface area (Å²) in [4.78, 5) is 4.29. The molecule has 2 aliphatic carbocycles. The largest absolute Gasteiger partial charge is 0.402 e. The second-order valence-corrected chi connectivity index (χ2v) is 8.86. The lowest BCUT2D eigenvalue weighted by molar-refractivity contribution is 0.496. The standard InChI is InChI=1S/C26H36N4/c1-7-29-25(17-26(5,6)16-22(28)13-14-27)19(4)30-24-12-11-21-15-20(18(2)3)9-8-10-23(21)24/h1,8,10,15-16,24,30H,2,4,9,11-14,17,27-28H2,3,5-6H3/b22-16+,29-25?/t24-/m0/s1. The zero-order valence-electron chi connectivity index (χ0n) is 18.7. The van der Waals surface area contributed by atoms with Crippen molar-refractivity contribution >= 4 is 5.71 Å². The van der Waals surface area contributed by atoms with E-state index < -0.39 is 0 Å². The molecule has 0 aliphatic heterocycles. The first-order chi connectivity index (χ1) is 14.2. The topological polar surface area (TPSA) is 76.4 Å². The molecule has 30 heavy (non-hydrogen) atoms. The van der Waals surface area contributed by atoms with Crippen LogP contribution >= 0.6 is 0 Å². The van der Waals surface area contributed by atoms with Crippen molar-refractivity contribution in [3.8, 4) is 12.5 Å². The highest BCUT2D eigenvalue weighted by Gasteiger charge is 2.27. The molecule has 2 rings (SSSR count). The first-order valence-electron chi connectivity index (χ1n) is 10.6. The lowest BCUT2D eigenvalue weighted by Gasteiger charge is -2.25. The van der Waals surface area contributed by atoms with Crippen molar-refractivity contribution < 1.29 is 0 Å². The van der Waals surface area contributed by atoms with Gasteiger partial charge in [-0.25, -0.2) is 4.99 Å². The highest BCUT2D eigenvalue weighted by molar-refractivity contribution is 6.00. The molecule has 5 N–H and O–H groups in total. The van der Waals surface area contributed by atoms with Crippen LogP contribution in [-0.2, 0) is 0 Å². The summed E-state index contributed by atoms with van der Waals surface area (Å²) in [5, 5.41) is 3.58.